The van der Waals surface area contributed by atoms with E-state index in [-0.39, 0.29) is 6.42 Å². The number of halogens is 9. The highest BCUT2D eigenvalue weighted by atomic mass is 19.4. The van der Waals surface area contributed by atoms with Crippen LogP contribution in [0.1, 0.15) is 13.3 Å². The van der Waals surface area contributed by atoms with E-state index in [4.69, 9.17) is 0 Å². The summed E-state index contributed by atoms with van der Waals surface area (Å²) in [6.45, 7) is 3.94. The van der Waals surface area contributed by atoms with Gasteiger partial charge in [-0.05, 0) is 6.42 Å². The van der Waals surface area contributed by atoms with Crippen LogP contribution in [0.15, 0.2) is 12.2 Å². The summed E-state index contributed by atoms with van der Waals surface area (Å²) in [5.74, 6) is -16.3. The molecule has 0 spiro atoms. The molecule has 118 valence electrons. The van der Waals surface area contributed by atoms with Crippen LogP contribution in [0.3, 0.4) is 0 Å². The van der Waals surface area contributed by atoms with Gasteiger partial charge in [-0.3, -0.25) is 0 Å². The summed E-state index contributed by atoms with van der Waals surface area (Å²) in [5.41, 5.74) is -0.809. The smallest absolute Gasteiger partial charge is 0.393 e. The standard InChI is InChI=1S/C9H7F9O2/c1-3-4(2)5(19)20-9(17,18)7(12,13)6(10,11)8(14,15)16/h2-3H2,1H3. The molecular formula is C9H7F9O2. The van der Waals surface area contributed by atoms with Gasteiger partial charge in [-0.25, -0.2) is 4.79 Å². The van der Waals surface area contributed by atoms with E-state index < -0.39 is 35.7 Å². The van der Waals surface area contributed by atoms with Gasteiger partial charge in [0.15, 0.2) is 0 Å². The van der Waals surface area contributed by atoms with Gasteiger partial charge in [0, 0.05) is 5.57 Å². The molecule has 0 amide bonds. The third-order valence-electron chi connectivity index (χ3n) is 2.05. The van der Waals surface area contributed by atoms with Crippen LogP contribution < -0.4 is 0 Å². The highest BCUT2D eigenvalue weighted by Gasteiger charge is 2.83. The van der Waals surface area contributed by atoms with E-state index in [2.05, 4.69) is 11.3 Å². The number of rotatable bonds is 5. The fraction of sp³-hybridized carbons (Fsp3) is 0.667. The molecule has 0 aromatic rings. The lowest BCUT2D eigenvalue weighted by atomic mass is 10.1. The van der Waals surface area contributed by atoms with Crippen molar-refractivity contribution in [2.24, 2.45) is 0 Å². The molecule has 0 atom stereocenters. The number of hydrogen-bond acceptors (Lipinski definition) is 2. The number of ether oxygens (including phenoxy) is 1. The molecule has 0 N–H and O–H groups in total. The number of hydrogen-bond donors (Lipinski definition) is 0. The lowest BCUT2D eigenvalue weighted by Gasteiger charge is -2.32. The van der Waals surface area contributed by atoms with Crippen molar-refractivity contribution in [2.45, 2.75) is 37.5 Å². The first-order valence-corrected chi connectivity index (χ1v) is 4.73. The first-order chi connectivity index (χ1) is 8.62. The zero-order valence-corrected chi connectivity index (χ0v) is 9.63. The lowest BCUT2D eigenvalue weighted by Crippen LogP contribution is -2.62. The molecule has 0 aliphatic heterocycles. The number of carbonyl (C=O) groups excluding carboxylic acids is 1. The Morgan fingerprint density at radius 3 is 1.65 bits per heavy atom. The highest BCUT2D eigenvalue weighted by Crippen LogP contribution is 2.53. The molecule has 0 bridgehead atoms. The van der Waals surface area contributed by atoms with Gasteiger partial charge in [-0.1, -0.05) is 13.5 Å². The summed E-state index contributed by atoms with van der Waals surface area (Å²) >= 11 is 0. The Morgan fingerprint density at radius 2 is 1.35 bits per heavy atom. The van der Waals surface area contributed by atoms with E-state index in [1.165, 1.54) is 0 Å². The predicted octanol–water partition coefficient (Wildman–Crippen LogP) is 3.92. The van der Waals surface area contributed by atoms with Crippen LogP contribution >= 0.6 is 0 Å². The van der Waals surface area contributed by atoms with E-state index in [0.29, 0.717) is 0 Å². The van der Waals surface area contributed by atoms with Crippen molar-refractivity contribution < 1.29 is 49.0 Å². The molecule has 0 heterocycles. The van der Waals surface area contributed by atoms with Gasteiger partial charge in [-0.15, -0.1) is 0 Å². The fourth-order valence-electron chi connectivity index (χ4n) is 0.758. The molecule has 0 aliphatic rings. The maximum atomic E-state index is 12.8. The molecule has 0 fully saturated rings. The monoisotopic (exact) mass is 318 g/mol. The Bertz CT molecular complexity index is 397. The van der Waals surface area contributed by atoms with Crippen molar-refractivity contribution >= 4 is 5.97 Å². The summed E-state index contributed by atoms with van der Waals surface area (Å²) in [5, 5.41) is 0. The molecule has 0 aromatic carbocycles. The summed E-state index contributed by atoms with van der Waals surface area (Å²) in [4.78, 5) is 10.8. The maximum absolute atomic E-state index is 12.8. The molecule has 0 saturated heterocycles. The van der Waals surface area contributed by atoms with Crippen LogP contribution in [0.5, 0.6) is 0 Å². The average Bonchev–Trinajstić information content (AvgIpc) is 2.25. The first kappa shape index (κ1) is 18.6. The largest absolute Gasteiger partial charge is 0.473 e. The Morgan fingerprint density at radius 1 is 0.950 bits per heavy atom. The van der Waals surface area contributed by atoms with Gasteiger partial charge < -0.3 is 4.74 Å². The second kappa shape index (κ2) is 5.17. The Hall–Kier alpha value is -1.42. The normalized spacial score (nSPS) is 14.1. The topological polar surface area (TPSA) is 26.3 Å². The summed E-state index contributed by atoms with van der Waals surface area (Å²) < 4.78 is 113. The van der Waals surface area contributed by atoms with E-state index >= 15 is 0 Å². The van der Waals surface area contributed by atoms with Gasteiger partial charge in [0.05, 0.1) is 0 Å². The number of esters is 1. The summed E-state index contributed by atoms with van der Waals surface area (Å²) in [6.07, 6.45) is -13.7. The zero-order valence-electron chi connectivity index (χ0n) is 9.63. The SMILES string of the molecule is C=C(CC)C(=O)OC(F)(F)C(F)(F)C(F)(F)C(F)(F)F. The molecule has 0 aliphatic carbocycles. The quantitative estimate of drug-likeness (QED) is 0.436. The Labute approximate surface area is 106 Å². The minimum absolute atomic E-state index is 0.365. The van der Waals surface area contributed by atoms with Gasteiger partial charge in [0.25, 0.3) is 0 Å². The third-order valence-corrected chi connectivity index (χ3v) is 2.05. The molecule has 20 heavy (non-hydrogen) atoms. The number of carbonyl (C=O) groups is 1. The molecule has 2 nitrogen and oxygen atoms in total. The van der Waals surface area contributed by atoms with Crippen molar-refractivity contribution in [3.8, 4) is 0 Å². The molecule has 0 rings (SSSR count). The lowest BCUT2D eigenvalue weighted by molar-refractivity contribution is -0.434. The van der Waals surface area contributed by atoms with Gasteiger partial charge >= 0.3 is 30.1 Å². The molecule has 0 saturated carbocycles. The van der Waals surface area contributed by atoms with Crippen LogP contribution in [-0.4, -0.2) is 30.1 Å². The third kappa shape index (κ3) is 3.01. The van der Waals surface area contributed by atoms with Crippen LogP contribution in [-0.2, 0) is 9.53 Å². The second-order valence-corrected chi connectivity index (χ2v) is 3.51. The van der Waals surface area contributed by atoms with E-state index in [1.807, 2.05) is 0 Å². The predicted molar refractivity (Wildman–Crippen MR) is 46.4 cm³/mol. The molecule has 11 heteroatoms. The summed E-state index contributed by atoms with van der Waals surface area (Å²) in [7, 11) is 0. The van der Waals surface area contributed by atoms with Crippen molar-refractivity contribution in [3.63, 3.8) is 0 Å². The minimum atomic E-state index is -7.10. The molecular weight excluding hydrogens is 311 g/mol. The maximum Gasteiger partial charge on any atom is 0.473 e. The fourth-order valence-corrected chi connectivity index (χ4v) is 0.758. The number of alkyl halides is 9. The van der Waals surface area contributed by atoms with Gasteiger partial charge in [-0.2, -0.15) is 39.5 Å². The minimum Gasteiger partial charge on any atom is -0.393 e. The zero-order chi connectivity index (χ0) is 16.6. The van der Waals surface area contributed by atoms with Gasteiger partial charge in [0.2, 0.25) is 0 Å². The van der Waals surface area contributed by atoms with E-state index in [1.54, 1.807) is 0 Å². The van der Waals surface area contributed by atoms with E-state index in [0.717, 1.165) is 6.92 Å². The average molecular weight is 318 g/mol. The second-order valence-electron chi connectivity index (χ2n) is 3.51. The first-order valence-electron chi connectivity index (χ1n) is 4.73. The van der Waals surface area contributed by atoms with Crippen LogP contribution in [0, 0.1) is 0 Å². The molecule has 0 radical (unpaired) electrons. The Kier molecular flexibility index (Phi) is 4.80. The van der Waals surface area contributed by atoms with Crippen LogP contribution in [0.25, 0.3) is 0 Å². The van der Waals surface area contributed by atoms with Gasteiger partial charge in [0.1, 0.15) is 0 Å². The molecule has 0 aromatic heterocycles. The molecule has 0 unspecified atom stereocenters. The Balaban J connectivity index is 5.48. The van der Waals surface area contributed by atoms with Crippen LogP contribution in [0.2, 0.25) is 0 Å². The van der Waals surface area contributed by atoms with Crippen molar-refractivity contribution in [3.05, 3.63) is 12.2 Å². The van der Waals surface area contributed by atoms with Crippen molar-refractivity contribution in [2.75, 3.05) is 0 Å². The van der Waals surface area contributed by atoms with Crippen molar-refractivity contribution in [1.29, 1.82) is 0 Å². The van der Waals surface area contributed by atoms with Crippen LogP contribution in [0.4, 0.5) is 39.5 Å². The van der Waals surface area contributed by atoms with E-state index in [9.17, 15) is 44.3 Å². The van der Waals surface area contributed by atoms with Crippen molar-refractivity contribution in [1.82, 2.24) is 0 Å². The highest BCUT2D eigenvalue weighted by molar-refractivity contribution is 5.87. The summed E-state index contributed by atoms with van der Waals surface area (Å²) in [6, 6.07) is 0.